The normalized spacial score (nSPS) is 20.0. The molecule has 1 aromatic rings. The number of nitrogens with zero attached hydrogens (tertiary/aromatic N) is 1. The molecule has 1 saturated heterocycles. The number of carbonyl (C=O) groups is 1. The van der Waals surface area contributed by atoms with Gasteiger partial charge in [0, 0.05) is 32.1 Å². The molecule has 1 aliphatic heterocycles. The predicted molar refractivity (Wildman–Crippen MR) is 123 cm³/mol. The van der Waals surface area contributed by atoms with E-state index in [0.29, 0.717) is 13.0 Å². The van der Waals surface area contributed by atoms with E-state index in [1.54, 1.807) is 0 Å². The van der Waals surface area contributed by atoms with Crippen molar-refractivity contribution in [2.75, 3.05) is 39.4 Å². The number of nitrogens with two attached hydrogens (primary N) is 1. The van der Waals surface area contributed by atoms with E-state index < -0.39 is 0 Å². The van der Waals surface area contributed by atoms with Crippen molar-refractivity contribution in [3.63, 3.8) is 0 Å². The van der Waals surface area contributed by atoms with Gasteiger partial charge in [-0.05, 0) is 36.8 Å². The van der Waals surface area contributed by atoms with Gasteiger partial charge in [0.05, 0.1) is 13.2 Å². The molecule has 5 nitrogen and oxygen atoms in total. The van der Waals surface area contributed by atoms with Crippen LogP contribution in [0.1, 0.15) is 44.1 Å². The number of amides is 1. The smallest absolute Gasteiger partial charge is 0.220 e. The van der Waals surface area contributed by atoms with Gasteiger partial charge >= 0.3 is 0 Å². The predicted octanol–water partition coefficient (Wildman–Crippen LogP) is 3.19. The van der Waals surface area contributed by atoms with E-state index in [4.69, 9.17) is 10.5 Å². The van der Waals surface area contributed by atoms with Crippen LogP contribution in [0.5, 0.6) is 0 Å². The summed E-state index contributed by atoms with van der Waals surface area (Å²) in [6, 6.07) is 10.6. The Morgan fingerprint density at radius 2 is 1.76 bits per heavy atom. The maximum Gasteiger partial charge on any atom is 0.220 e. The van der Waals surface area contributed by atoms with Gasteiger partial charge in [-0.2, -0.15) is 0 Å². The van der Waals surface area contributed by atoms with Crippen LogP contribution < -0.4 is 11.1 Å². The molecule has 0 bridgehead atoms. The van der Waals surface area contributed by atoms with Crippen molar-refractivity contribution in [2.45, 2.75) is 51.0 Å². The molecule has 1 heterocycles. The molecule has 1 amide bonds. The van der Waals surface area contributed by atoms with E-state index in [2.05, 4.69) is 34.5 Å². The molecule has 3 rings (SSSR count). The van der Waals surface area contributed by atoms with Crippen LogP contribution in [0, 0.1) is 5.41 Å². The third-order valence-corrected chi connectivity index (χ3v) is 6.16. The molecule has 2 aliphatic rings. The van der Waals surface area contributed by atoms with Gasteiger partial charge in [-0.3, -0.25) is 9.69 Å². The minimum Gasteiger partial charge on any atom is -0.379 e. The Morgan fingerprint density at radius 1 is 1.10 bits per heavy atom. The summed E-state index contributed by atoms with van der Waals surface area (Å²) in [5.41, 5.74) is 7.37. The monoisotopic (exact) mass is 445 g/mol. The third-order valence-electron chi connectivity index (χ3n) is 6.16. The summed E-state index contributed by atoms with van der Waals surface area (Å²) in [4.78, 5) is 15.3. The summed E-state index contributed by atoms with van der Waals surface area (Å²) in [5, 5.41) is 3.34. The van der Waals surface area contributed by atoms with E-state index in [1.807, 2.05) is 6.07 Å². The highest BCUT2D eigenvalue weighted by atomic mass is 35.5. The van der Waals surface area contributed by atoms with Crippen LogP contribution in [0.4, 0.5) is 0 Å². The SMILES string of the molecule is Cl.Cl.NCC1(CC(=O)NC(Cc2ccccc2)CN2CCOCC2)CCCCC1. The van der Waals surface area contributed by atoms with Crippen LogP contribution >= 0.6 is 24.8 Å². The van der Waals surface area contributed by atoms with Crippen molar-refractivity contribution in [1.82, 2.24) is 10.2 Å². The Morgan fingerprint density at radius 3 is 2.38 bits per heavy atom. The zero-order valence-electron chi connectivity index (χ0n) is 17.3. The van der Waals surface area contributed by atoms with Gasteiger partial charge in [0.1, 0.15) is 0 Å². The molecular formula is C22H37Cl2N3O2. The van der Waals surface area contributed by atoms with Gasteiger partial charge in [-0.15, -0.1) is 24.8 Å². The van der Waals surface area contributed by atoms with Crippen molar-refractivity contribution < 1.29 is 9.53 Å². The van der Waals surface area contributed by atoms with Crippen molar-refractivity contribution in [2.24, 2.45) is 11.1 Å². The lowest BCUT2D eigenvalue weighted by molar-refractivity contribution is -0.124. The second-order valence-electron chi connectivity index (χ2n) is 8.31. The first-order valence-corrected chi connectivity index (χ1v) is 10.5. The number of nitrogens with one attached hydrogen (secondary N) is 1. The number of hydrogen-bond donors (Lipinski definition) is 2. The van der Waals surface area contributed by atoms with Crippen LogP contribution in [0.15, 0.2) is 30.3 Å². The maximum atomic E-state index is 12.9. The largest absolute Gasteiger partial charge is 0.379 e. The molecule has 1 aromatic carbocycles. The Kier molecular flexibility index (Phi) is 12.1. The number of ether oxygens (including phenoxy) is 1. The quantitative estimate of drug-likeness (QED) is 0.644. The molecule has 1 atom stereocenters. The first kappa shape index (κ1) is 26.2. The second kappa shape index (κ2) is 13.5. The molecule has 1 saturated carbocycles. The van der Waals surface area contributed by atoms with E-state index >= 15 is 0 Å². The fourth-order valence-electron chi connectivity index (χ4n) is 4.53. The lowest BCUT2D eigenvalue weighted by atomic mass is 9.71. The standard InChI is InChI=1S/C22H35N3O2.2ClH/c23-18-22(9-5-2-6-10-22)16-21(26)24-20(15-19-7-3-1-4-8-19)17-25-11-13-27-14-12-25;;/h1,3-4,7-8,20H,2,5-6,9-18,23H2,(H,24,26);2*1H. The van der Waals surface area contributed by atoms with Crippen molar-refractivity contribution in [3.8, 4) is 0 Å². The van der Waals surface area contributed by atoms with Crippen LogP contribution in [0.25, 0.3) is 0 Å². The van der Waals surface area contributed by atoms with Gasteiger partial charge in [0.15, 0.2) is 0 Å². The minimum atomic E-state index is 0. The number of hydrogen-bond acceptors (Lipinski definition) is 4. The average molecular weight is 446 g/mol. The summed E-state index contributed by atoms with van der Waals surface area (Å²) in [7, 11) is 0. The van der Waals surface area contributed by atoms with Gasteiger partial charge in [0.2, 0.25) is 5.91 Å². The lowest BCUT2D eigenvalue weighted by Crippen LogP contribution is -2.49. The summed E-state index contributed by atoms with van der Waals surface area (Å²) in [5.74, 6) is 0.163. The van der Waals surface area contributed by atoms with Crippen LogP contribution in [0.2, 0.25) is 0 Å². The zero-order valence-corrected chi connectivity index (χ0v) is 18.9. The second-order valence-corrected chi connectivity index (χ2v) is 8.31. The van der Waals surface area contributed by atoms with E-state index in [1.165, 1.54) is 24.8 Å². The number of carbonyl (C=O) groups excluding carboxylic acids is 1. The van der Waals surface area contributed by atoms with E-state index in [9.17, 15) is 4.79 Å². The van der Waals surface area contributed by atoms with Gasteiger partial charge in [0.25, 0.3) is 0 Å². The summed E-state index contributed by atoms with van der Waals surface area (Å²) in [6.07, 6.45) is 7.28. The summed E-state index contributed by atoms with van der Waals surface area (Å²) >= 11 is 0. The molecule has 1 aliphatic carbocycles. The summed E-state index contributed by atoms with van der Waals surface area (Å²) in [6.45, 7) is 4.93. The molecule has 0 aromatic heterocycles. The third kappa shape index (κ3) is 8.42. The molecule has 2 fully saturated rings. The minimum absolute atomic E-state index is 0. The molecule has 0 spiro atoms. The highest BCUT2D eigenvalue weighted by molar-refractivity contribution is 5.85. The fourth-order valence-corrected chi connectivity index (χ4v) is 4.53. The van der Waals surface area contributed by atoms with Crippen LogP contribution in [-0.2, 0) is 16.0 Å². The number of benzene rings is 1. The van der Waals surface area contributed by atoms with Crippen LogP contribution in [0.3, 0.4) is 0 Å². The first-order valence-electron chi connectivity index (χ1n) is 10.5. The van der Waals surface area contributed by atoms with E-state index in [0.717, 1.165) is 52.1 Å². The number of halogens is 2. The Balaban J connectivity index is 0.00000210. The topological polar surface area (TPSA) is 67.6 Å². The molecule has 29 heavy (non-hydrogen) atoms. The summed E-state index contributed by atoms with van der Waals surface area (Å²) < 4.78 is 5.47. The fraction of sp³-hybridized carbons (Fsp3) is 0.682. The van der Waals surface area contributed by atoms with Crippen molar-refractivity contribution in [1.29, 1.82) is 0 Å². The van der Waals surface area contributed by atoms with Gasteiger partial charge < -0.3 is 15.8 Å². The average Bonchev–Trinajstić information content (AvgIpc) is 2.70. The Bertz CT molecular complexity index is 577. The van der Waals surface area contributed by atoms with Gasteiger partial charge in [-0.25, -0.2) is 0 Å². The number of morpholine rings is 1. The zero-order chi connectivity index (χ0) is 19.0. The molecule has 3 N–H and O–H groups in total. The highest BCUT2D eigenvalue weighted by Crippen LogP contribution is 2.38. The highest BCUT2D eigenvalue weighted by Gasteiger charge is 2.33. The first-order chi connectivity index (χ1) is 13.2. The molecule has 7 heteroatoms. The molecule has 0 radical (unpaired) electrons. The molecule has 166 valence electrons. The maximum absolute atomic E-state index is 12.9. The van der Waals surface area contributed by atoms with Crippen molar-refractivity contribution >= 4 is 30.7 Å². The molecule has 1 unspecified atom stereocenters. The Labute approximate surface area is 187 Å². The number of rotatable bonds is 8. The van der Waals surface area contributed by atoms with Gasteiger partial charge in [-0.1, -0.05) is 49.6 Å². The lowest BCUT2D eigenvalue weighted by Gasteiger charge is -2.36. The Hall–Kier alpha value is -0.850. The molecular weight excluding hydrogens is 409 g/mol. The van der Waals surface area contributed by atoms with Crippen LogP contribution in [-0.4, -0.2) is 56.2 Å². The van der Waals surface area contributed by atoms with E-state index in [-0.39, 0.29) is 42.2 Å². The van der Waals surface area contributed by atoms with Crippen molar-refractivity contribution in [3.05, 3.63) is 35.9 Å².